The van der Waals surface area contributed by atoms with E-state index in [2.05, 4.69) is 20.8 Å². The lowest BCUT2D eigenvalue weighted by Gasteiger charge is -2.07. The van der Waals surface area contributed by atoms with E-state index in [0.717, 1.165) is 11.3 Å². The summed E-state index contributed by atoms with van der Waals surface area (Å²) in [6, 6.07) is 17.2. The minimum absolute atomic E-state index is 0.0722. The molecule has 0 atom stereocenters. The van der Waals surface area contributed by atoms with Gasteiger partial charge in [0.15, 0.2) is 11.6 Å². The van der Waals surface area contributed by atoms with Crippen LogP contribution in [0.4, 0.5) is 21.7 Å². The van der Waals surface area contributed by atoms with Crippen molar-refractivity contribution in [3.05, 3.63) is 77.6 Å². The zero-order valence-corrected chi connectivity index (χ0v) is 13.7. The Bertz CT molecular complexity index is 881. The Kier molecular flexibility index (Phi) is 4.99. The van der Waals surface area contributed by atoms with Gasteiger partial charge in [-0.05, 0) is 54.4 Å². The van der Waals surface area contributed by atoms with E-state index in [1.54, 1.807) is 24.3 Å². The van der Waals surface area contributed by atoms with Crippen LogP contribution in [0.2, 0.25) is 0 Å². The predicted molar refractivity (Wildman–Crippen MR) is 95.2 cm³/mol. The number of carbonyl (C=O) groups excluding carboxylic acids is 1. The molecule has 0 fully saturated rings. The molecule has 1 aromatic heterocycles. The zero-order chi connectivity index (χ0) is 17.6. The van der Waals surface area contributed by atoms with Crippen molar-refractivity contribution < 1.29 is 9.18 Å². The maximum atomic E-state index is 13.1. The summed E-state index contributed by atoms with van der Waals surface area (Å²) in [5, 5.41) is 13.8. The molecular weight excluding hydrogens is 319 g/mol. The topological polar surface area (TPSA) is 66.9 Å². The van der Waals surface area contributed by atoms with Crippen LogP contribution >= 0.6 is 0 Å². The standard InChI is InChI=1S/C19H17FN4O/c1-13-4-2-7-16(10-13)21-17-8-9-18(24-23-17)22-19(25)12-14-5-3-6-15(20)11-14/h2-11H,12H2,1H3,(H,21,23)(H,22,24,25). The number of rotatable bonds is 5. The van der Waals surface area contributed by atoms with Gasteiger partial charge in [0.1, 0.15) is 5.82 Å². The lowest BCUT2D eigenvalue weighted by atomic mass is 10.1. The van der Waals surface area contributed by atoms with Crippen LogP contribution in [0, 0.1) is 12.7 Å². The van der Waals surface area contributed by atoms with Crippen LogP contribution in [0.5, 0.6) is 0 Å². The summed E-state index contributed by atoms with van der Waals surface area (Å²) >= 11 is 0. The maximum Gasteiger partial charge on any atom is 0.229 e. The number of halogens is 1. The molecule has 0 radical (unpaired) electrons. The van der Waals surface area contributed by atoms with E-state index in [-0.39, 0.29) is 18.1 Å². The highest BCUT2D eigenvalue weighted by Crippen LogP contribution is 2.16. The number of carbonyl (C=O) groups is 1. The van der Waals surface area contributed by atoms with E-state index >= 15 is 0 Å². The summed E-state index contributed by atoms with van der Waals surface area (Å²) in [6.07, 6.45) is 0.0722. The molecule has 126 valence electrons. The fourth-order valence-electron chi connectivity index (χ4n) is 2.36. The van der Waals surface area contributed by atoms with Crippen molar-refractivity contribution in [3.8, 4) is 0 Å². The van der Waals surface area contributed by atoms with Crippen LogP contribution in [0.15, 0.2) is 60.7 Å². The van der Waals surface area contributed by atoms with Gasteiger partial charge in [0.05, 0.1) is 6.42 Å². The fraction of sp³-hybridized carbons (Fsp3) is 0.105. The number of benzene rings is 2. The number of aryl methyl sites for hydroxylation is 1. The highest BCUT2D eigenvalue weighted by atomic mass is 19.1. The second-order valence-corrected chi connectivity index (χ2v) is 5.65. The summed E-state index contributed by atoms with van der Waals surface area (Å²) in [5.41, 5.74) is 2.65. The van der Waals surface area contributed by atoms with Crippen molar-refractivity contribution in [2.75, 3.05) is 10.6 Å². The molecule has 2 N–H and O–H groups in total. The van der Waals surface area contributed by atoms with Crippen molar-refractivity contribution >= 4 is 23.2 Å². The first-order chi connectivity index (χ1) is 12.1. The number of nitrogens with one attached hydrogen (secondary N) is 2. The average Bonchev–Trinajstić information content (AvgIpc) is 2.57. The third-order valence-electron chi connectivity index (χ3n) is 3.48. The Morgan fingerprint density at radius 2 is 1.76 bits per heavy atom. The molecule has 0 unspecified atom stereocenters. The molecule has 0 bridgehead atoms. The quantitative estimate of drug-likeness (QED) is 0.743. The fourth-order valence-corrected chi connectivity index (χ4v) is 2.36. The number of amides is 1. The van der Waals surface area contributed by atoms with Crippen molar-refractivity contribution in [2.45, 2.75) is 13.3 Å². The largest absolute Gasteiger partial charge is 0.339 e. The SMILES string of the molecule is Cc1cccc(Nc2ccc(NC(=O)Cc3cccc(F)c3)nn2)c1. The Morgan fingerprint density at radius 3 is 2.48 bits per heavy atom. The van der Waals surface area contributed by atoms with E-state index in [4.69, 9.17) is 0 Å². The molecule has 5 nitrogen and oxygen atoms in total. The van der Waals surface area contributed by atoms with E-state index in [9.17, 15) is 9.18 Å². The first-order valence-corrected chi connectivity index (χ1v) is 7.80. The summed E-state index contributed by atoms with van der Waals surface area (Å²) in [6.45, 7) is 2.01. The molecule has 0 aliphatic heterocycles. The van der Waals surface area contributed by atoms with Crippen LogP contribution < -0.4 is 10.6 Å². The average molecular weight is 336 g/mol. The Balaban J connectivity index is 1.59. The van der Waals surface area contributed by atoms with E-state index < -0.39 is 0 Å². The predicted octanol–water partition coefficient (Wildman–Crippen LogP) is 3.85. The van der Waals surface area contributed by atoms with Gasteiger partial charge in [-0.15, -0.1) is 10.2 Å². The van der Waals surface area contributed by atoms with Crippen molar-refractivity contribution in [3.63, 3.8) is 0 Å². The smallest absolute Gasteiger partial charge is 0.229 e. The number of nitrogens with zero attached hydrogens (tertiary/aromatic N) is 2. The molecule has 1 heterocycles. The Hall–Kier alpha value is -3.28. The van der Waals surface area contributed by atoms with Crippen molar-refractivity contribution in [1.82, 2.24) is 10.2 Å². The summed E-state index contributed by atoms with van der Waals surface area (Å²) in [5.74, 6) is 0.279. The zero-order valence-electron chi connectivity index (χ0n) is 13.7. The molecule has 1 amide bonds. The summed E-state index contributed by atoms with van der Waals surface area (Å²) in [4.78, 5) is 12.0. The number of anilines is 3. The van der Waals surface area contributed by atoms with E-state index in [0.29, 0.717) is 17.2 Å². The van der Waals surface area contributed by atoms with Gasteiger partial charge in [-0.25, -0.2) is 4.39 Å². The number of hydrogen-bond acceptors (Lipinski definition) is 4. The first kappa shape index (κ1) is 16.6. The van der Waals surface area contributed by atoms with E-state index in [1.807, 2.05) is 31.2 Å². The second kappa shape index (κ2) is 7.53. The highest BCUT2D eigenvalue weighted by molar-refractivity contribution is 5.91. The van der Waals surface area contributed by atoms with Gasteiger partial charge in [0, 0.05) is 5.69 Å². The van der Waals surface area contributed by atoms with E-state index in [1.165, 1.54) is 12.1 Å². The molecule has 0 saturated carbocycles. The number of hydrogen-bond donors (Lipinski definition) is 2. The minimum Gasteiger partial charge on any atom is -0.339 e. The molecular formula is C19H17FN4O. The summed E-state index contributed by atoms with van der Waals surface area (Å²) in [7, 11) is 0. The van der Waals surface area contributed by atoms with Gasteiger partial charge in [0.25, 0.3) is 0 Å². The third-order valence-corrected chi connectivity index (χ3v) is 3.48. The van der Waals surface area contributed by atoms with Gasteiger partial charge in [-0.1, -0.05) is 24.3 Å². The maximum absolute atomic E-state index is 13.1. The second-order valence-electron chi connectivity index (χ2n) is 5.65. The normalized spacial score (nSPS) is 10.3. The molecule has 3 rings (SSSR count). The minimum atomic E-state index is -0.364. The molecule has 25 heavy (non-hydrogen) atoms. The molecule has 0 saturated heterocycles. The van der Waals surface area contributed by atoms with Gasteiger partial charge in [-0.2, -0.15) is 0 Å². The van der Waals surface area contributed by atoms with Crippen LogP contribution in [0.1, 0.15) is 11.1 Å². The highest BCUT2D eigenvalue weighted by Gasteiger charge is 2.06. The first-order valence-electron chi connectivity index (χ1n) is 7.80. The Labute approximate surface area is 144 Å². The molecule has 3 aromatic rings. The van der Waals surface area contributed by atoms with Gasteiger partial charge >= 0.3 is 0 Å². The third kappa shape index (κ3) is 4.84. The Morgan fingerprint density at radius 1 is 1.00 bits per heavy atom. The van der Waals surface area contributed by atoms with Gasteiger partial charge in [-0.3, -0.25) is 4.79 Å². The monoisotopic (exact) mass is 336 g/mol. The van der Waals surface area contributed by atoms with Crippen LogP contribution in [-0.4, -0.2) is 16.1 Å². The molecule has 2 aromatic carbocycles. The summed E-state index contributed by atoms with van der Waals surface area (Å²) < 4.78 is 13.1. The van der Waals surface area contributed by atoms with Gasteiger partial charge in [0.2, 0.25) is 5.91 Å². The molecule has 0 spiro atoms. The van der Waals surface area contributed by atoms with Crippen LogP contribution in [0.3, 0.4) is 0 Å². The molecule has 6 heteroatoms. The van der Waals surface area contributed by atoms with Crippen LogP contribution in [-0.2, 0) is 11.2 Å². The van der Waals surface area contributed by atoms with Gasteiger partial charge < -0.3 is 10.6 Å². The lowest BCUT2D eigenvalue weighted by Crippen LogP contribution is -2.15. The molecule has 0 aliphatic rings. The van der Waals surface area contributed by atoms with Crippen molar-refractivity contribution in [1.29, 1.82) is 0 Å². The lowest BCUT2D eigenvalue weighted by molar-refractivity contribution is -0.115. The van der Waals surface area contributed by atoms with Crippen LogP contribution in [0.25, 0.3) is 0 Å². The molecule has 0 aliphatic carbocycles. The van der Waals surface area contributed by atoms with Crippen molar-refractivity contribution in [2.24, 2.45) is 0 Å². The number of aromatic nitrogens is 2.